The molecule has 3 N–H and O–H groups in total. The number of rotatable bonds is 5. The summed E-state index contributed by atoms with van der Waals surface area (Å²) in [6, 6.07) is 5.31. The van der Waals surface area contributed by atoms with Gasteiger partial charge in [-0.2, -0.15) is 0 Å². The Hall–Kier alpha value is -2.29. The van der Waals surface area contributed by atoms with E-state index in [1.54, 1.807) is 4.90 Å². The number of imide groups is 1. The van der Waals surface area contributed by atoms with Crippen molar-refractivity contribution < 1.29 is 19.1 Å². The molecule has 0 saturated carbocycles. The summed E-state index contributed by atoms with van der Waals surface area (Å²) in [6.07, 6.45) is 4.32. The van der Waals surface area contributed by atoms with E-state index in [2.05, 4.69) is 16.0 Å². The highest BCUT2D eigenvalue weighted by atomic mass is 16.5. The molecule has 1 aromatic carbocycles. The van der Waals surface area contributed by atoms with Gasteiger partial charge in [-0.25, -0.2) is 0 Å². The molecular formula is C23H30N4O4. The van der Waals surface area contributed by atoms with Gasteiger partial charge in [0.1, 0.15) is 6.04 Å². The molecule has 8 heteroatoms. The highest BCUT2D eigenvalue weighted by molar-refractivity contribution is 6.05. The summed E-state index contributed by atoms with van der Waals surface area (Å²) in [5.41, 5.74) is 2.93. The van der Waals surface area contributed by atoms with E-state index in [4.69, 9.17) is 4.74 Å². The van der Waals surface area contributed by atoms with E-state index >= 15 is 0 Å². The summed E-state index contributed by atoms with van der Waals surface area (Å²) >= 11 is 0. The van der Waals surface area contributed by atoms with Crippen LogP contribution in [0.2, 0.25) is 0 Å². The zero-order valence-electron chi connectivity index (χ0n) is 17.7. The molecule has 3 amide bonds. The molecule has 0 aliphatic carbocycles. The number of hydrogen-bond acceptors (Lipinski definition) is 6. The Balaban J connectivity index is 1.20. The summed E-state index contributed by atoms with van der Waals surface area (Å²) in [6.45, 7) is 4.77. The first-order valence-corrected chi connectivity index (χ1v) is 11.3. The zero-order chi connectivity index (χ0) is 21.4. The molecule has 0 bridgehead atoms. The minimum absolute atomic E-state index is 0.118. The number of nitrogens with zero attached hydrogens (tertiary/aromatic N) is 1. The molecule has 2 unspecified atom stereocenters. The molecule has 4 aliphatic rings. The maximum absolute atomic E-state index is 13.2. The molecule has 31 heavy (non-hydrogen) atoms. The monoisotopic (exact) mass is 426 g/mol. The molecule has 4 heterocycles. The van der Waals surface area contributed by atoms with Crippen LogP contribution < -0.4 is 16.0 Å². The number of nitrogens with one attached hydrogen (secondary N) is 3. The van der Waals surface area contributed by atoms with E-state index < -0.39 is 6.04 Å². The van der Waals surface area contributed by atoms with Crippen LogP contribution in [0, 0.1) is 5.41 Å². The fraction of sp³-hybridized carbons (Fsp3) is 0.609. The topological polar surface area (TPSA) is 99.8 Å². The van der Waals surface area contributed by atoms with Crippen molar-refractivity contribution in [2.24, 2.45) is 5.41 Å². The zero-order valence-corrected chi connectivity index (χ0v) is 17.7. The van der Waals surface area contributed by atoms with Crippen LogP contribution in [0.3, 0.4) is 0 Å². The van der Waals surface area contributed by atoms with Gasteiger partial charge in [0, 0.05) is 31.6 Å². The number of amides is 3. The van der Waals surface area contributed by atoms with Crippen molar-refractivity contribution in [1.29, 1.82) is 0 Å². The molecule has 0 aromatic heterocycles. The van der Waals surface area contributed by atoms with E-state index in [9.17, 15) is 14.4 Å². The predicted molar refractivity (Wildman–Crippen MR) is 113 cm³/mol. The number of piperidine rings is 2. The van der Waals surface area contributed by atoms with Crippen LogP contribution in [0.25, 0.3) is 0 Å². The van der Waals surface area contributed by atoms with Gasteiger partial charge < -0.3 is 20.3 Å². The number of fused-ring (bicyclic) bond motifs is 1. The third-order valence-corrected chi connectivity index (χ3v) is 7.28. The largest absolute Gasteiger partial charge is 0.376 e. The van der Waals surface area contributed by atoms with Crippen molar-refractivity contribution in [2.45, 2.75) is 57.3 Å². The average molecular weight is 427 g/mol. The van der Waals surface area contributed by atoms with Crippen molar-refractivity contribution in [1.82, 2.24) is 20.9 Å². The van der Waals surface area contributed by atoms with Gasteiger partial charge in [0.05, 0.1) is 12.7 Å². The van der Waals surface area contributed by atoms with E-state index in [1.807, 2.05) is 18.2 Å². The average Bonchev–Trinajstić information content (AvgIpc) is 3.30. The van der Waals surface area contributed by atoms with Crippen LogP contribution in [0.4, 0.5) is 0 Å². The highest BCUT2D eigenvalue weighted by Crippen LogP contribution is 2.40. The lowest BCUT2D eigenvalue weighted by molar-refractivity contribution is -0.136. The van der Waals surface area contributed by atoms with Crippen LogP contribution in [0.5, 0.6) is 0 Å². The lowest BCUT2D eigenvalue weighted by Gasteiger charge is -2.32. The van der Waals surface area contributed by atoms with Gasteiger partial charge in [0.25, 0.3) is 5.91 Å². The second-order valence-corrected chi connectivity index (χ2v) is 9.37. The maximum atomic E-state index is 13.2. The Morgan fingerprint density at radius 2 is 2.03 bits per heavy atom. The molecule has 0 radical (unpaired) electrons. The quantitative estimate of drug-likeness (QED) is 0.600. The Bertz CT molecular complexity index is 896. The molecule has 166 valence electrons. The van der Waals surface area contributed by atoms with Gasteiger partial charge in [-0.15, -0.1) is 0 Å². The van der Waals surface area contributed by atoms with E-state index in [1.165, 1.54) is 12.8 Å². The Kier molecular flexibility index (Phi) is 5.54. The van der Waals surface area contributed by atoms with Crippen LogP contribution in [0.1, 0.15) is 53.6 Å². The lowest BCUT2D eigenvalue weighted by Crippen LogP contribution is -2.52. The molecule has 4 aliphatic heterocycles. The minimum atomic E-state index is -0.577. The van der Waals surface area contributed by atoms with Gasteiger partial charge in [-0.3, -0.25) is 19.7 Å². The summed E-state index contributed by atoms with van der Waals surface area (Å²) in [7, 11) is 0. The summed E-state index contributed by atoms with van der Waals surface area (Å²) in [4.78, 5) is 38.5. The normalized spacial score (nSPS) is 27.6. The van der Waals surface area contributed by atoms with Crippen LogP contribution >= 0.6 is 0 Å². The molecule has 1 aromatic rings. The molecule has 3 saturated heterocycles. The first-order valence-electron chi connectivity index (χ1n) is 11.3. The summed E-state index contributed by atoms with van der Waals surface area (Å²) < 4.78 is 6.08. The van der Waals surface area contributed by atoms with Crippen LogP contribution in [0.15, 0.2) is 18.2 Å². The minimum Gasteiger partial charge on any atom is -0.376 e. The smallest absolute Gasteiger partial charge is 0.255 e. The van der Waals surface area contributed by atoms with Crippen molar-refractivity contribution >= 4 is 17.7 Å². The molecule has 5 rings (SSSR count). The number of ether oxygens (including phenoxy) is 1. The number of hydrogen-bond donors (Lipinski definition) is 3. The van der Waals surface area contributed by atoms with Gasteiger partial charge in [-0.05, 0) is 55.3 Å². The second-order valence-electron chi connectivity index (χ2n) is 9.37. The summed E-state index contributed by atoms with van der Waals surface area (Å²) in [5, 5.41) is 9.27. The Morgan fingerprint density at radius 1 is 1.19 bits per heavy atom. The standard InChI is InChI=1S/C23H30N4O4/c28-19-5-4-18(21(29)26-19)27-13-16-3-1-2-15(20(16)22(27)30)11-25-12-17-10-23(14-31-17)6-8-24-9-7-23/h1-3,17-18,24-25H,4-14H2,(H,26,28,29). The highest BCUT2D eigenvalue weighted by Gasteiger charge is 2.41. The molecule has 1 spiro atoms. The van der Waals surface area contributed by atoms with Gasteiger partial charge in [0.15, 0.2) is 0 Å². The number of benzene rings is 1. The van der Waals surface area contributed by atoms with E-state index in [0.717, 1.165) is 43.8 Å². The van der Waals surface area contributed by atoms with E-state index in [-0.39, 0.29) is 30.2 Å². The van der Waals surface area contributed by atoms with Crippen LogP contribution in [-0.4, -0.2) is 61.0 Å². The van der Waals surface area contributed by atoms with Gasteiger partial charge in [0.2, 0.25) is 11.8 Å². The maximum Gasteiger partial charge on any atom is 0.255 e. The fourth-order valence-electron chi connectivity index (χ4n) is 5.54. The Labute approximate surface area is 182 Å². The predicted octanol–water partition coefficient (Wildman–Crippen LogP) is 0.696. The van der Waals surface area contributed by atoms with Crippen molar-refractivity contribution in [3.05, 3.63) is 34.9 Å². The first-order chi connectivity index (χ1) is 15.0. The van der Waals surface area contributed by atoms with Gasteiger partial charge >= 0.3 is 0 Å². The van der Waals surface area contributed by atoms with E-state index in [0.29, 0.717) is 30.5 Å². The third-order valence-electron chi connectivity index (χ3n) is 7.28. The molecule has 8 nitrogen and oxygen atoms in total. The lowest BCUT2D eigenvalue weighted by atomic mass is 9.77. The first kappa shape index (κ1) is 20.6. The SMILES string of the molecule is O=C1CCC(N2Cc3cccc(CNCC4CC5(CCNCC5)CO4)c3C2=O)C(=O)N1. The van der Waals surface area contributed by atoms with Gasteiger partial charge in [-0.1, -0.05) is 18.2 Å². The fourth-order valence-corrected chi connectivity index (χ4v) is 5.54. The second kappa shape index (κ2) is 8.33. The third kappa shape index (κ3) is 4.00. The molecular weight excluding hydrogens is 396 g/mol. The van der Waals surface area contributed by atoms with Crippen LogP contribution in [-0.2, 0) is 27.4 Å². The molecule has 2 atom stereocenters. The Morgan fingerprint density at radius 3 is 2.84 bits per heavy atom. The molecule has 3 fully saturated rings. The number of carbonyl (C=O) groups excluding carboxylic acids is 3. The summed E-state index contributed by atoms with van der Waals surface area (Å²) in [5.74, 6) is -0.759. The van der Waals surface area contributed by atoms with Crippen molar-refractivity contribution in [3.63, 3.8) is 0 Å². The van der Waals surface area contributed by atoms with Crippen molar-refractivity contribution in [3.8, 4) is 0 Å². The number of carbonyl (C=O) groups is 3. The van der Waals surface area contributed by atoms with Crippen molar-refractivity contribution in [2.75, 3.05) is 26.2 Å².